The van der Waals surface area contributed by atoms with Gasteiger partial charge in [0.2, 0.25) is 12.1 Å². The standard InChI is InChI=1S/C11H19NO4/c1-6-9(14)10(12(5)8(4)13)16-11(15)7(2)3/h9-10,14H,2,6H2,1,3-5H3. The molecule has 0 aromatic heterocycles. The van der Waals surface area contributed by atoms with Crippen molar-refractivity contribution in [2.24, 2.45) is 0 Å². The van der Waals surface area contributed by atoms with Gasteiger partial charge in [-0.1, -0.05) is 13.5 Å². The van der Waals surface area contributed by atoms with Gasteiger partial charge in [-0.2, -0.15) is 0 Å². The highest BCUT2D eigenvalue weighted by Crippen LogP contribution is 2.10. The largest absolute Gasteiger partial charge is 0.435 e. The number of esters is 1. The van der Waals surface area contributed by atoms with Gasteiger partial charge in [-0.05, 0) is 13.3 Å². The van der Waals surface area contributed by atoms with Crippen molar-refractivity contribution in [2.75, 3.05) is 7.05 Å². The van der Waals surface area contributed by atoms with Crippen molar-refractivity contribution in [3.05, 3.63) is 12.2 Å². The number of hydrogen-bond acceptors (Lipinski definition) is 4. The third kappa shape index (κ3) is 4.02. The number of carbonyl (C=O) groups excluding carboxylic acids is 2. The molecule has 0 radical (unpaired) electrons. The molecule has 0 bridgehead atoms. The first-order valence-electron chi connectivity index (χ1n) is 5.09. The highest BCUT2D eigenvalue weighted by atomic mass is 16.6. The molecule has 0 saturated heterocycles. The fraction of sp³-hybridized carbons (Fsp3) is 0.636. The molecule has 0 aromatic carbocycles. The summed E-state index contributed by atoms with van der Waals surface area (Å²) in [5.74, 6) is -0.905. The smallest absolute Gasteiger partial charge is 0.335 e. The number of rotatable bonds is 5. The van der Waals surface area contributed by atoms with E-state index in [2.05, 4.69) is 6.58 Å². The summed E-state index contributed by atoms with van der Waals surface area (Å²) < 4.78 is 5.00. The summed E-state index contributed by atoms with van der Waals surface area (Å²) in [5.41, 5.74) is 0.227. The molecule has 1 amide bonds. The molecule has 5 nitrogen and oxygen atoms in total. The number of carbonyl (C=O) groups is 2. The molecule has 16 heavy (non-hydrogen) atoms. The Morgan fingerprint density at radius 2 is 1.94 bits per heavy atom. The van der Waals surface area contributed by atoms with Gasteiger partial charge in [0, 0.05) is 19.5 Å². The first-order valence-corrected chi connectivity index (χ1v) is 5.09. The third-order valence-electron chi connectivity index (χ3n) is 2.20. The van der Waals surface area contributed by atoms with E-state index in [1.807, 2.05) is 0 Å². The molecule has 0 spiro atoms. The molecule has 0 aliphatic carbocycles. The third-order valence-corrected chi connectivity index (χ3v) is 2.20. The Hall–Kier alpha value is -1.36. The minimum absolute atomic E-state index is 0.227. The molecule has 0 fully saturated rings. The lowest BCUT2D eigenvalue weighted by Crippen LogP contribution is -2.46. The molecular formula is C11H19NO4. The molecule has 0 aliphatic heterocycles. The van der Waals surface area contributed by atoms with Crippen LogP contribution in [0.4, 0.5) is 0 Å². The first kappa shape index (κ1) is 14.6. The summed E-state index contributed by atoms with van der Waals surface area (Å²) in [7, 11) is 1.47. The van der Waals surface area contributed by atoms with Crippen molar-refractivity contribution >= 4 is 11.9 Å². The van der Waals surface area contributed by atoms with E-state index >= 15 is 0 Å². The van der Waals surface area contributed by atoms with Crippen LogP contribution in [0.3, 0.4) is 0 Å². The number of aliphatic hydroxyl groups excluding tert-OH is 1. The molecule has 0 saturated carbocycles. The summed E-state index contributed by atoms with van der Waals surface area (Å²) in [6.07, 6.45) is -1.49. The molecule has 2 atom stereocenters. The Kier molecular flexibility index (Phi) is 5.74. The van der Waals surface area contributed by atoms with Crippen LogP contribution in [0.2, 0.25) is 0 Å². The second kappa shape index (κ2) is 6.27. The van der Waals surface area contributed by atoms with Gasteiger partial charge >= 0.3 is 5.97 Å². The summed E-state index contributed by atoms with van der Waals surface area (Å²) in [6.45, 7) is 8.02. The summed E-state index contributed by atoms with van der Waals surface area (Å²) in [4.78, 5) is 23.7. The van der Waals surface area contributed by atoms with Gasteiger partial charge in [0.25, 0.3) is 0 Å². The quantitative estimate of drug-likeness (QED) is 0.427. The topological polar surface area (TPSA) is 66.8 Å². The normalized spacial score (nSPS) is 13.8. The van der Waals surface area contributed by atoms with Crippen molar-refractivity contribution in [2.45, 2.75) is 39.5 Å². The molecular weight excluding hydrogens is 210 g/mol. The van der Waals surface area contributed by atoms with Gasteiger partial charge in [-0.25, -0.2) is 4.79 Å². The highest BCUT2D eigenvalue weighted by molar-refractivity contribution is 5.87. The maximum Gasteiger partial charge on any atom is 0.335 e. The van der Waals surface area contributed by atoms with Crippen LogP contribution in [0.25, 0.3) is 0 Å². The van der Waals surface area contributed by atoms with Gasteiger partial charge in [-0.15, -0.1) is 0 Å². The Balaban J connectivity index is 4.74. The number of amides is 1. The van der Waals surface area contributed by atoms with Crippen LogP contribution in [0.1, 0.15) is 27.2 Å². The van der Waals surface area contributed by atoms with Crippen molar-refractivity contribution < 1.29 is 19.4 Å². The SMILES string of the molecule is C=C(C)C(=O)OC(C(O)CC)N(C)C(C)=O. The molecule has 2 unspecified atom stereocenters. The summed E-state index contributed by atoms with van der Waals surface area (Å²) in [6, 6.07) is 0. The van der Waals surface area contributed by atoms with Crippen LogP contribution < -0.4 is 0 Å². The van der Waals surface area contributed by atoms with Crippen LogP contribution >= 0.6 is 0 Å². The second-order valence-corrected chi connectivity index (χ2v) is 3.68. The molecule has 0 aliphatic rings. The average molecular weight is 229 g/mol. The Morgan fingerprint density at radius 1 is 1.44 bits per heavy atom. The lowest BCUT2D eigenvalue weighted by molar-refractivity contribution is -0.171. The summed E-state index contributed by atoms with van der Waals surface area (Å²) >= 11 is 0. The number of hydrogen-bond donors (Lipinski definition) is 1. The molecule has 92 valence electrons. The Morgan fingerprint density at radius 3 is 2.25 bits per heavy atom. The molecule has 1 N–H and O–H groups in total. The zero-order chi connectivity index (χ0) is 12.9. The van der Waals surface area contributed by atoms with Crippen molar-refractivity contribution in [3.63, 3.8) is 0 Å². The predicted molar refractivity (Wildman–Crippen MR) is 59.4 cm³/mol. The summed E-state index contributed by atoms with van der Waals surface area (Å²) in [5, 5.41) is 9.67. The Labute approximate surface area is 95.7 Å². The maximum atomic E-state index is 11.3. The molecule has 5 heteroatoms. The number of likely N-dealkylation sites (N-methyl/N-ethyl adjacent to an activating group) is 1. The molecule has 0 heterocycles. The van der Waals surface area contributed by atoms with E-state index < -0.39 is 18.3 Å². The fourth-order valence-electron chi connectivity index (χ4n) is 1.01. The van der Waals surface area contributed by atoms with E-state index in [0.717, 1.165) is 0 Å². The monoisotopic (exact) mass is 229 g/mol. The van der Waals surface area contributed by atoms with Crippen molar-refractivity contribution in [3.8, 4) is 0 Å². The first-order chi connectivity index (χ1) is 7.31. The van der Waals surface area contributed by atoms with Crippen molar-refractivity contribution in [1.29, 1.82) is 0 Å². The second-order valence-electron chi connectivity index (χ2n) is 3.68. The number of aliphatic hydroxyl groups is 1. The van der Waals surface area contributed by atoms with Crippen LogP contribution in [0.15, 0.2) is 12.2 Å². The van der Waals surface area contributed by atoms with Crippen LogP contribution in [0, 0.1) is 0 Å². The lowest BCUT2D eigenvalue weighted by Gasteiger charge is -2.30. The fourth-order valence-corrected chi connectivity index (χ4v) is 1.01. The van der Waals surface area contributed by atoms with Crippen LogP contribution in [-0.4, -0.2) is 41.3 Å². The van der Waals surface area contributed by atoms with Crippen LogP contribution in [0.5, 0.6) is 0 Å². The maximum absolute atomic E-state index is 11.3. The highest BCUT2D eigenvalue weighted by Gasteiger charge is 2.28. The lowest BCUT2D eigenvalue weighted by atomic mass is 10.2. The van der Waals surface area contributed by atoms with E-state index in [0.29, 0.717) is 6.42 Å². The minimum atomic E-state index is -0.966. The minimum Gasteiger partial charge on any atom is -0.435 e. The van der Waals surface area contributed by atoms with Crippen molar-refractivity contribution in [1.82, 2.24) is 4.90 Å². The number of nitrogens with zero attached hydrogens (tertiary/aromatic N) is 1. The average Bonchev–Trinajstić information content (AvgIpc) is 2.23. The number of ether oxygens (including phenoxy) is 1. The zero-order valence-electron chi connectivity index (χ0n) is 10.2. The van der Waals surface area contributed by atoms with Gasteiger partial charge < -0.3 is 14.7 Å². The predicted octanol–water partition coefficient (Wildman–Crippen LogP) is 0.681. The zero-order valence-corrected chi connectivity index (χ0v) is 10.2. The Bertz CT molecular complexity index is 288. The van der Waals surface area contributed by atoms with E-state index in [-0.39, 0.29) is 11.5 Å². The van der Waals surface area contributed by atoms with Gasteiger partial charge in [0.05, 0.1) is 0 Å². The molecule has 0 rings (SSSR count). The van der Waals surface area contributed by atoms with E-state index in [4.69, 9.17) is 4.74 Å². The van der Waals surface area contributed by atoms with E-state index in [9.17, 15) is 14.7 Å². The molecule has 0 aromatic rings. The van der Waals surface area contributed by atoms with E-state index in [1.54, 1.807) is 6.92 Å². The van der Waals surface area contributed by atoms with Crippen LogP contribution in [-0.2, 0) is 14.3 Å². The van der Waals surface area contributed by atoms with Gasteiger partial charge in [0.15, 0.2) is 0 Å². The van der Waals surface area contributed by atoms with E-state index in [1.165, 1.54) is 25.8 Å². The van der Waals surface area contributed by atoms with Gasteiger partial charge in [-0.3, -0.25) is 4.79 Å². The van der Waals surface area contributed by atoms with Gasteiger partial charge in [0.1, 0.15) is 6.10 Å².